The van der Waals surface area contributed by atoms with Gasteiger partial charge < -0.3 is 10.2 Å². The quantitative estimate of drug-likeness (QED) is 0.511. The number of hydrogen-bond acceptors (Lipinski definition) is 1. The Kier molecular flexibility index (Phi) is 7.13. The van der Waals surface area contributed by atoms with Gasteiger partial charge in [-0.1, -0.05) is 0 Å². The van der Waals surface area contributed by atoms with Crippen molar-refractivity contribution < 1.29 is 37.4 Å². The van der Waals surface area contributed by atoms with E-state index in [1.165, 1.54) is 0 Å². The summed E-state index contributed by atoms with van der Waals surface area (Å²) in [5.41, 5.74) is 0. The fraction of sp³-hybridized carbons (Fsp3) is 0. The Morgan fingerprint density at radius 2 is 1.40 bits per heavy atom. The molecule has 0 amide bonds. The van der Waals surface area contributed by atoms with Crippen LogP contribution in [-0.4, -0.2) is 16.4 Å². The van der Waals surface area contributed by atoms with Gasteiger partial charge in [-0.2, -0.15) is 0 Å². The van der Waals surface area contributed by atoms with Crippen LogP contribution in [0.25, 0.3) is 0 Å². The van der Waals surface area contributed by atoms with Crippen LogP contribution in [0.2, 0.25) is 0 Å². The van der Waals surface area contributed by atoms with Crippen LogP contribution < -0.4 is 0 Å². The van der Waals surface area contributed by atoms with Crippen LogP contribution in [0.4, 0.5) is 4.79 Å². The molecule has 3 nitrogen and oxygen atoms in total. The molecule has 5 heavy (non-hydrogen) atoms. The number of hydrogen-bond donors (Lipinski definition) is 2. The fourth-order valence-electron chi connectivity index (χ4n) is 0. The summed E-state index contributed by atoms with van der Waals surface area (Å²) in [5, 5.41) is 13.9. The second-order valence-corrected chi connectivity index (χ2v) is 0.283. The molecule has 0 bridgehead atoms. The van der Waals surface area contributed by atoms with Gasteiger partial charge in [0, 0.05) is 22.4 Å². The molecule has 0 aromatic carbocycles. The van der Waals surface area contributed by atoms with E-state index in [9.17, 15) is 0 Å². The zero-order valence-corrected chi connectivity index (χ0v) is 3.59. The van der Waals surface area contributed by atoms with Gasteiger partial charge in [-0.3, -0.25) is 0 Å². The van der Waals surface area contributed by atoms with Crippen LogP contribution in [-0.2, 0) is 22.4 Å². The van der Waals surface area contributed by atoms with E-state index in [1.807, 2.05) is 0 Å². The van der Waals surface area contributed by atoms with Gasteiger partial charge in [0.1, 0.15) is 0 Å². The molecule has 0 fully saturated rings. The minimum atomic E-state index is -1.83. The molecule has 0 heterocycles. The molecule has 0 rings (SSSR count). The van der Waals surface area contributed by atoms with Crippen molar-refractivity contribution in [2.24, 2.45) is 0 Å². The summed E-state index contributed by atoms with van der Waals surface area (Å²) in [4.78, 5) is 8.56. The second-order valence-electron chi connectivity index (χ2n) is 0.283. The SMILES string of the molecule is O=C(O)O.[Ag]. The predicted octanol–water partition coefficient (Wildman–Crippen LogP) is 0.220. The predicted molar refractivity (Wildman–Crippen MR) is 10.7 cm³/mol. The molecule has 2 N–H and O–H groups in total. The normalized spacial score (nSPS) is 4.80. The van der Waals surface area contributed by atoms with Gasteiger partial charge in [0.2, 0.25) is 0 Å². The monoisotopic (exact) mass is 169 g/mol. The minimum Gasteiger partial charge on any atom is -0.450 e. The zero-order chi connectivity index (χ0) is 3.58. The molecule has 1 radical (unpaired) electrons. The Morgan fingerprint density at radius 3 is 1.40 bits per heavy atom. The molecule has 0 unspecified atom stereocenters. The van der Waals surface area contributed by atoms with Crippen molar-refractivity contribution in [3.05, 3.63) is 0 Å². The molecule has 0 aromatic heterocycles. The molecule has 4 heteroatoms. The molecule has 0 spiro atoms. The van der Waals surface area contributed by atoms with Gasteiger partial charge in [-0.05, 0) is 0 Å². The fourth-order valence-corrected chi connectivity index (χ4v) is 0. The molecule has 0 aromatic rings. The van der Waals surface area contributed by atoms with Crippen molar-refractivity contribution in [1.29, 1.82) is 0 Å². The topological polar surface area (TPSA) is 57.5 Å². The first-order chi connectivity index (χ1) is 1.73. The van der Waals surface area contributed by atoms with E-state index in [-0.39, 0.29) is 22.4 Å². The van der Waals surface area contributed by atoms with Crippen LogP contribution in [0.1, 0.15) is 0 Å². The minimum absolute atomic E-state index is 0. The van der Waals surface area contributed by atoms with Crippen LogP contribution in [0, 0.1) is 0 Å². The van der Waals surface area contributed by atoms with Gasteiger partial charge in [-0.15, -0.1) is 0 Å². The largest absolute Gasteiger partial charge is 0.503 e. The standard InChI is InChI=1S/CH2O3.Ag/c2-1(3)4;/h(H2,2,3,4);. The van der Waals surface area contributed by atoms with Gasteiger partial charge >= 0.3 is 6.16 Å². The summed E-state index contributed by atoms with van der Waals surface area (Å²) < 4.78 is 0. The summed E-state index contributed by atoms with van der Waals surface area (Å²) in [5.74, 6) is 0. The smallest absolute Gasteiger partial charge is 0.450 e. The van der Waals surface area contributed by atoms with Gasteiger partial charge in [0.05, 0.1) is 0 Å². The van der Waals surface area contributed by atoms with E-state index in [0.29, 0.717) is 0 Å². The summed E-state index contributed by atoms with van der Waals surface area (Å²) in [6, 6.07) is 0. The Morgan fingerprint density at radius 1 is 1.40 bits per heavy atom. The van der Waals surface area contributed by atoms with Crippen molar-refractivity contribution in [2.45, 2.75) is 0 Å². The van der Waals surface area contributed by atoms with Crippen molar-refractivity contribution in [1.82, 2.24) is 0 Å². The van der Waals surface area contributed by atoms with E-state index in [0.717, 1.165) is 0 Å². The first-order valence-electron chi connectivity index (χ1n) is 0.651. The summed E-state index contributed by atoms with van der Waals surface area (Å²) in [6.45, 7) is 0. The molecule has 0 atom stereocenters. The maximum Gasteiger partial charge on any atom is 0.503 e. The van der Waals surface area contributed by atoms with Crippen LogP contribution in [0.15, 0.2) is 0 Å². The Hall–Kier alpha value is 0.0103. The third-order valence-electron chi connectivity index (χ3n) is 0. The third-order valence-corrected chi connectivity index (χ3v) is 0. The molecular weight excluding hydrogens is 168 g/mol. The Balaban J connectivity index is 0. The van der Waals surface area contributed by atoms with E-state index in [4.69, 9.17) is 15.0 Å². The number of carbonyl (C=O) groups is 1. The molecule has 0 aliphatic rings. The maximum absolute atomic E-state index is 8.56. The first-order valence-corrected chi connectivity index (χ1v) is 0.651. The third kappa shape index (κ3) is 154000. The van der Waals surface area contributed by atoms with Gasteiger partial charge in [-0.25, -0.2) is 4.79 Å². The average Bonchev–Trinajstić information content (AvgIpc) is 0.811. The van der Waals surface area contributed by atoms with Crippen LogP contribution in [0.3, 0.4) is 0 Å². The molecule has 0 saturated carbocycles. The van der Waals surface area contributed by atoms with Crippen molar-refractivity contribution in [3.8, 4) is 0 Å². The molecule has 0 saturated heterocycles. The molecule has 0 aliphatic carbocycles. The average molecular weight is 170 g/mol. The second kappa shape index (κ2) is 4.01. The summed E-state index contributed by atoms with van der Waals surface area (Å²) >= 11 is 0. The van der Waals surface area contributed by atoms with E-state index < -0.39 is 6.16 Å². The summed E-state index contributed by atoms with van der Waals surface area (Å²) in [7, 11) is 0. The van der Waals surface area contributed by atoms with Crippen LogP contribution >= 0.6 is 0 Å². The van der Waals surface area contributed by atoms with Gasteiger partial charge in [0.15, 0.2) is 0 Å². The molecular formula is CH2AgO3. The van der Waals surface area contributed by atoms with Crippen molar-refractivity contribution >= 4 is 6.16 Å². The Labute approximate surface area is 44.1 Å². The van der Waals surface area contributed by atoms with E-state index >= 15 is 0 Å². The van der Waals surface area contributed by atoms with Crippen LogP contribution in [0.5, 0.6) is 0 Å². The number of rotatable bonds is 0. The molecule has 35 valence electrons. The zero-order valence-electron chi connectivity index (χ0n) is 2.10. The summed E-state index contributed by atoms with van der Waals surface area (Å²) in [6.07, 6.45) is -1.83. The van der Waals surface area contributed by atoms with Crippen molar-refractivity contribution in [2.75, 3.05) is 0 Å². The van der Waals surface area contributed by atoms with Crippen molar-refractivity contribution in [3.63, 3.8) is 0 Å². The number of carboxylic acid groups (broad SMARTS) is 2. The molecule has 0 aliphatic heterocycles. The Bertz CT molecular complexity index is 29.9. The first kappa shape index (κ1) is 8.89. The van der Waals surface area contributed by atoms with Gasteiger partial charge in [0.25, 0.3) is 0 Å². The maximum atomic E-state index is 8.56. The van der Waals surface area contributed by atoms with E-state index in [2.05, 4.69) is 0 Å². The van der Waals surface area contributed by atoms with E-state index in [1.54, 1.807) is 0 Å².